The fraction of sp³-hybridized carbons (Fsp3) is 0.250. The summed E-state index contributed by atoms with van der Waals surface area (Å²) in [7, 11) is 0. The van der Waals surface area contributed by atoms with E-state index in [-0.39, 0.29) is 5.91 Å². The van der Waals surface area contributed by atoms with Crippen LogP contribution in [0, 0.1) is 20.8 Å². The van der Waals surface area contributed by atoms with Gasteiger partial charge in [0.25, 0.3) is 0 Å². The lowest BCUT2D eigenvalue weighted by Crippen LogP contribution is -2.16. The van der Waals surface area contributed by atoms with Gasteiger partial charge >= 0.3 is 0 Å². The molecule has 1 N–H and O–H groups in total. The maximum Gasteiger partial charge on any atom is 0.230 e. The maximum absolute atomic E-state index is 12.2. The van der Waals surface area contributed by atoms with Crippen LogP contribution in [-0.2, 0) is 11.2 Å². The molecule has 0 spiro atoms. The molecule has 1 amide bonds. The minimum atomic E-state index is -0.00648. The molecule has 21 heavy (non-hydrogen) atoms. The van der Waals surface area contributed by atoms with E-state index in [2.05, 4.69) is 16.4 Å². The molecule has 0 aliphatic heterocycles. The largest absolute Gasteiger partial charge is 0.326 e. The monoisotopic (exact) mass is 299 g/mol. The minimum absolute atomic E-state index is 0.00648. The molecule has 0 radical (unpaired) electrons. The zero-order valence-electron chi connectivity index (χ0n) is 12.3. The third-order valence-corrected chi connectivity index (χ3v) is 4.29. The predicted molar refractivity (Wildman–Crippen MR) is 86.1 cm³/mol. The van der Waals surface area contributed by atoms with Gasteiger partial charge in [-0.05, 0) is 32.4 Å². The SMILES string of the molecule is Cc1ccc(NC(=O)Cc2csc3nc(C)cn23)c(C)c1. The Kier molecular flexibility index (Phi) is 3.51. The van der Waals surface area contributed by atoms with Gasteiger partial charge in [-0.2, -0.15) is 0 Å². The molecule has 5 heteroatoms. The van der Waals surface area contributed by atoms with E-state index in [1.165, 1.54) is 5.56 Å². The molecule has 2 heterocycles. The van der Waals surface area contributed by atoms with Crippen LogP contribution in [0.2, 0.25) is 0 Å². The van der Waals surface area contributed by atoms with E-state index >= 15 is 0 Å². The molecular formula is C16H17N3OS. The van der Waals surface area contributed by atoms with Gasteiger partial charge in [-0.3, -0.25) is 9.20 Å². The average Bonchev–Trinajstić information content (AvgIpc) is 2.94. The van der Waals surface area contributed by atoms with Crippen molar-refractivity contribution < 1.29 is 4.79 Å². The van der Waals surface area contributed by atoms with Crippen molar-refractivity contribution in [2.24, 2.45) is 0 Å². The number of hydrogen-bond acceptors (Lipinski definition) is 3. The van der Waals surface area contributed by atoms with Crippen molar-refractivity contribution in [3.63, 3.8) is 0 Å². The Hall–Kier alpha value is -2.14. The van der Waals surface area contributed by atoms with Gasteiger partial charge in [-0.1, -0.05) is 17.7 Å². The van der Waals surface area contributed by atoms with Crippen molar-refractivity contribution in [2.75, 3.05) is 5.32 Å². The van der Waals surface area contributed by atoms with Crippen molar-refractivity contribution in [3.8, 4) is 0 Å². The number of nitrogens with one attached hydrogen (secondary N) is 1. The molecule has 0 saturated carbocycles. The van der Waals surface area contributed by atoms with Crippen molar-refractivity contribution in [1.82, 2.24) is 9.38 Å². The zero-order chi connectivity index (χ0) is 15.0. The highest BCUT2D eigenvalue weighted by Crippen LogP contribution is 2.19. The second kappa shape index (κ2) is 5.33. The number of imidazole rings is 1. The molecule has 3 rings (SSSR count). The van der Waals surface area contributed by atoms with E-state index in [1.807, 2.05) is 48.9 Å². The fourth-order valence-electron chi connectivity index (χ4n) is 2.38. The Morgan fingerprint density at radius 2 is 2.14 bits per heavy atom. The maximum atomic E-state index is 12.2. The van der Waals surface area contributed by atoms with Crippen molar-refractivity contribution in [3.05, 3.63) is 52.3 Å². The van der Waals surface area contributed by atoms with Crippen LogP contribution >= 0.6 is 11.3 Å². The van der Waals surface area contributed by atoms with Gasteiger partial charge in [0.2, 0.25) is 5.91 Å². The Bertz CT molecular complexity index is 816. The van der Waals surface area contributed by atoms with Gasteiger partial charge in [0, 0.05) is 23.0 Å². The molecule has 0 aliphatic carbocycles. The van der Waals surface area contributed by atoms with Crippen molar-refractivity contribution >= 4 is 27.9 Å². The van der Waals surface area contributed by atoms with Gasteiger partial charge in [-0.25, -0.2) is 4.98 Å². The predicted octanol–water partition coefficient (Wildman–Crippen LogP) is 3.50. The second-order valence-corrected chi connectivity index (χ2v) is 6.14. The number of rotatable bonds is 3. The first kappa shape index (κ1) is 13.8. The Labute approximate surface area is 127 Å². The van der Waals surface area contributed by atoms with Crippen molar-refractivity contribution in [2.45, 2.75) is 27.2 Å². The van der Waals surface area contributed by atoms with Crippen LogP contribution in [0.1, 0.15) is 22.5 Å². The number of aromatic nitrogens is 2. The first-order valence-corrected chi connectivity index (χ1v) is 7.70. The lowest BCUT2D eigenvalue weighted by molar-refractivity contribution is -0.115. The van der Waals surface area contributed by atoms with Gasteiger partial charge in [0.05, 0.1) is 12.1 Å². The van der Waals surface area contributed by atoms with E-state index in [9.17, 15) is 4.79 Å². The highest BCUT2D eigenvalue weighted by molar-refractivity contribution is 7.15. The first-order valence-electron chi connectivity index (χ1n) is 6.82. The van der Waals surface area contributed by atoms with Gasteiger partial charge in [0.1, 0.15) is 0 Å². The van der Waals surface area contributed by atoms with Crippen LogP contribution in [0.25, 0.3) is 4.96 Å². The van der Waals surface area contributed by atoms with E-state index < -0.39 is 0 Å². The summed E-state index contributed by atoms with van der Waals surface area (Å²) in [6.45, 7) is 6.01. The van der Waals surface area contributed by atoms with Crippen LogP contribution in [0.3, 0.4) is 0 Å². The molecule has 0 fully saturated rings. The fourth-order valence-corrected chi connectivity index (χ4v) is 3.30. The number of carbonyl (C=O) groups is 1. The Morgan fingerprint density at radius 3 is 2.90 bits per heavy atom. The van der Waals surface area contributed by atoms with Crippen LogP contribution in [-0.4, -0.2) is 15.3 Å². The molecular weight excluding hydrogens is 282 g/mol. The molecule has 108 valence electrons. The summed E-state index contributed by atoms with van der Waals surface area (Å²) >= 11 is 1.56. The molecule has 0 saturated heterocycles. The van der Waals surface area contributed by atoms with E-state index in [0.29, 0.717) is 6.42 Å². The summed E-state index contributed by atoms with van der Waals surface area (Å²) in [5, 5.41) is 4.97. The lowest BCUT2D eigenvalue weighted by atomic mass is 10.1. The molecule has 1 aromatic carbocycles. The van der Waals surface area contributed by atoms with Crippen molar-refractivity contribution in [1.29, 1.82) is 0 Å². The lowest BCUT2D eigenvalue weighted by Gasteiger charge is -2.08. The van der Waals surface area contributed by atoms with Crippen LogP contribution in [0.4, 0.5) is 5.69 Å². The minimum Gasteiger partial charge on any atom is -0.326 e. The molecule has 4 nitrogen and oxygen atoms in total. The Balaban J connectivity index is 1.77. The summed E-state index contributed by atoms with van der Waals surface area (Å²) in [5.74, 6) is -0.00648. The average molecular weight is 299 g/mol. The second-order valence-electron chi connectivity index (χ2n) is 5.31. The molecule has 3 aromatic rings. The normalized spacial score (nSPS) is 11.0. The zero-order valence-corrected chi connectivity index (χ0v) is 13.1. The highest BCUT2D eigenvalue weighted by Gasteiger charge is 2.11. The van der Waals surface area contributed by atoms with Crippen LogP contribution in [0.15, 0.2) is 29.8 Å². The van der Waals surface area contributed by atoms with E-state index in [1.54, 1.807) is 11.3 Å². The number of aryl methyl sites for hydroxylation is 3. The number of thiazole rings is 1. The number of hydrogen-bond donors (Lipinski definition) is 1. The number of amides is 1. The summed E-state index contributed by atoms with van der Waals surface area (Å²) in [6, 6.07) is 6.02. The van der Waals surface area contributed by atoms with Crippen LogP contribution < -0.4 is 5.32 Å². The molecule has 0 aliphatic rings. The summed E-state index contributed by atoms with van der Waals surface area (Å²) in [5.41, 5.74) is 5.09. The molecule has 0 unspecified atom stereocenters. The summed E-state index contributed by atoms with van der Waals surface area (Å²) in [4.78, 5) is 17.6. The van der Waals surface area contributed by atoms with Crippen LogP contribution in [0.5, 0.6) is 0 Å². The standard InChI is InChI=1S/C16H17N3OS/c1-10-4-5-14(11(2)6-10)18-15(20)7-13-9-21-16-17-12(3)8-19(13)16/h4-6,8-9H,7H2,1-3H3,(H,18,20). The molecule has 2 aromatic heterocycles. The molecule has 0 bridgehead atoms. The van der Waals surface area contributed by atoms with E-state index in [0.717, 1.165) is 27.6 Å². The van der Waals surface area contributed by atoms with E-state index in [4.69, 9.17) is 0 Å². The third-order valence-electron chi connectivity index (χ3n) is 3.40. The highest BCUT2D eigenvalue weighted by atomic mass is 32.1. The Morgan fingerprint density at radius 1 is 1.33 bits per heavy atom. The quantitative estimate of drug-likeness (QED) is 0.804. The number of fused-ring (bicyclic) bond motifs is 1. The smallest absolute Gasteiger partial charge is 0.230 e. The number of anilines is 1. The van der Waals surface area contributed by atoms with Gasteiger partial charge in [-0.15, -0.1) is 11.3 Å². The third kappa shape index (κ3) is 2.83. The number of benzene rings is 1. The number of carbonyl (C=O) groups excluding carboxylic acids is 1. The molecule has 0 atom stereocenters. The summed E-state index contributed by atoms with van der Waals surface area (Å²) in [6.07, 6.45) is 2.31. The van der Waals surface area contributed by atoms with Gasteiger partial charge in [0.15, 0.2) is 4.96 Å². The number of nitrogens with zero attached hydrogens (tertiary/aromatic N) is 2. The topological polar surface area (TPSA) is 46.4 Å². The first-order chi connectivity index (χ1) is 10.0. The summed E-state index contributed by atoms with van der Waals surface area (Å²) < 4.78 is 1.99. The van der Waals surface area contributed by atoms with Gasteiger partial charge < -0.3 is 5.32 Å².